The maximum absolute atomic E-state index is 15.1. The smallest absolute Gasteiger partial charge is 0.327 e. The lowest BCUT2D eigenvalue weighted by Gasteiger charge is -2.37. The minimum Gasteiger partial charge on any atom is -0.464 e. The van der Waals surface area contributed by atoms with Crippen molar-refractivity contribution in [2.45, 2.75) is 137 Å². The molecule has 4 aliphatic rings. The number of rotatable bonds is 10. The average molecular weight is 1070 g/mol. The lowest BCUT2D eigenvalue weighted by atomic mass is 9.84. The number of likely N-dealkylation sites (tertiary alicyclic amines) is 2. The summed E-state index contributed by atoms with van der Waals surface area (Å²) in [4.78, 5) is 96.6. The monoisotopic (exact) mass is 1070 g/mol. The SMILES string of the molecule is CCn1c(-c2cccnc2[C@H](C)OC)c2c3cc(ccc31)-c1cc(CF)cc(c1)C[C@H](NC(=O)[C@H](C(C)C)N(C)C(=O)N1CC[C@]3(CCN(C(=O)C#CC(C)(C)N(C)C)C3)C1=O)C(=O)N1CCC[C@H](N1)C(=O)OCC(C)(C)C2. The van der Waals surface area contributed by atoms with Gasteiger partial charge in [-0.3, -0.25) is 43.8 Å². The Hall–Kier alpha value is -6.68. The third-order valence-electron chi connectivity index (χ3n) is 16.5. The van der Waals surface area contributed by atoms with Crippen LogP contribution < -0.4 is 10.7 Å². The van der Waals surface area contributed by atoms with Crippen LogP contribution in [-0.4, -0.2) is 154 Å². The minimum absolute atomic E-state index is 0.0694. The van der Waals surface area contributed by atoms with E-state index in [1.165, 1.54) is 17.0 Å². The van der Waals surface area contributed by atoms with Crippen molar-refractivity contribution >= 4 is 46.5 Å². The molecule has 4 aliphatic heterocycles. The molecule has 0 saturated carbocycles. The van der Waals surface area contributed by atoms with Crippen LogP contribution in [0.1, 0.15) is 110 Å². The van der Waals surface area contributed by atoms with Gasteiger partial charge in [0, 0.05) is 81.4 Å². The molecule has 2 aromatic heterocycles. The van der Waals surface area contributed by atoms with Crippen molar-refractivity contribution < 1.29 is 42.6 Å². The number of alkyl halides is 1. The number of carbonyl (C=O) groups is 6. The van der Waals surface area contributed by atoms with Crippen LogP contribution in [0.3, 0.4) is 0 Å². The number of aromatic nitrogens is 2. The molecule has 5 atom stereocenters. The highest BCUT2D eigenvalue weighted by Crippen LogP contribution is 2.43. The first-order valence-corrected chi connectivity index (χ1v) is 27.4. The van der Waals surface area contributed by atoms with Gasteiger partial charge in [-0.2, -0.15) is 0 Å². The lowest BCUT2D eigenvalue weighted by Crippen LogP contribution is -2.62. The fourth-order valence-electron chi connectivity index (χ4n) is 11.5. The summed E-state index contributed by atoms with van der Waals surface area (Å²) in [5.41, 5.74) is 8.21. The number of methoxy groups -OCH3 is 1. The molecule has 6 heterocycles. The van der Waals surface area contributed by atoms with Gasteiger partial charge in [0.2, 0.25) is 11.8 Å². The molecular formula is C60H78FN9O8. The third-order valence-corrected chi connectivity index (χ3v) is 16.5. The van der Waals surface area contributed by atoms with Crippen LogP contribution in [0.2, 0.25) is 0 Å². The molecule has 8 rings (SSSR count). The van der Waals surface area contributed by atoms with Crippen LogP contribution in [0.4, 0.5) is 9.18 Å². The normalized spacial score (nSPS) is 21.6. The van der Waals surface area contributed by atoms with E-state index >= 15 is 4.39 Å². The highest BCUT2D eigenvalue weighted by molar-refractivity contribution is 6.02. The molecule has 3 fully saturated rings. The number of esters is 1. The molecule has 3 saturated heterocycles. The van der Waals surface area contributed by atoms with Gasteiger partial charge in [-0.05, 0) is 144 Å². The summed E-state index contributed by atoms with van der Waals surface area (Å²) in [5.74, 6) is 2.82. The number of amides is 6. The second-order valence-corrected chi connectivity index (χ2v) is 23.6. The molecule has 6 bridgehead atoms. The number of likely N-dealkylation sites (N-methyl/N-ethyl adjacent to an activating group) is 1. The number of pyridine rings is 1. The van der Waals surface area contributed by atoms with Gasteiger partial charge in [0.15, 0.2) is 0 Å². The molecule has 0 aliphatic carbocycles. The Balaban J connectivity index is 1.13. The molecule has 0 radical (unpaired) electrons. The Labute approximate surface area is 458 Å². The maximum atomic E-state index is 15.1. The molecule has 78 heavy (non-hydrogen) atoms. The van der Waals surface area contributed by atoms with Crippen molar-refractivity contribution in [2.24, 2.45) is 16.7 Å². The van der Waals surface area contributed by atoms with Crippen LogP contribution >= 0.6 is 0 Å². The van der Waals surface area contributed by atoms with Crippen LogP contribution in [0.25, 0.3) is 33.3 Å². The number of imide groups is 1. The molecule has 418 valence electrons. The molecule has 6 amide bonds. The maximum Gasteiger partial charge on any atom is 0.327 e. The van der Waals surface area contributed by atoms with Gasteiger partial charge in [-0.25, -0.2) is 14.6 Å². The van der Waals surface area contributed by atoms with Gasteiger partial charge in [0.25, 0.3) is 11.8 Å². The Morgan fingerprint density at radius 2 is 1.76 bits per heavy atom. The number of ether oxygens (including phenoxy) is 2. The first-order chi connectivity index (χ1) is 36.9. The van der Waals surface area contributed by atoms with Crippen molar-refractivity contribution in [3.05, 3.63) is 77.1 Å². The first-order valence-electron chi connectivity index (χ1n) is 27.4. The molecule has 4 aromatic rings. The summed E-state index contributed by atoms with van der Waals surface area (Å²) < 4.78 is 29.3. The minimum atomic E-state index is -1.26. The van der Waals surface area contributed by atoms with Crippen LogP contribution in [-0.2, 0) is 59.5 Å². The number of hydrazine groups is 1. The zero-order valence-electron chi connectivity index (χ0n) is 47.5. The van der Waals surface area contributed by atoms with Gasteiger partial charge in [-0.15, -0.1) is 0 Å². The molecule has 1 spiro atoms. The highest BCUT2D eigenvalue weighted by atomic mass is 19.1. The van der Waals surface area contributed by atoms with Crippen LogP contribution in [0.5, 0.6) is 0 Å². The first kappa shape index (κ1) is 57.5. The molecule has 18 heteroatoms. The predicted octanol–water partition coefficient (Wildman–Crippen LogP) is 7.09. The number of benzene rings is 2. The number of urea groups is 1. The number of aryl methyl sites for hydroxylation is 1. The standard InChI is InChI=1S/C60H78FN9O8/c1-13-68-48-19-18-41-32-44(48)45(52(68)43-16-14-24-62-50(43)38(4)77-12)33-58(5,6)36-78-55(74)46-17-15-25-70(64-46)54(73)47(31-39-28-40(34-61)30-42(41)29-39)63-53(72)51(37(2)3)66(11)57(76)69-27-23-60(56(69)75)22-26-67(35-60)49(71)20-21-59(7,8)65(9)10/h14,16,18-19,24,28-30,32,37-38,46-47,51,64H,13,15,17,22-23,25-27,31,33-36H2,1-12H3,(H,63,72)/t38-,46-,47-,51-,60-/m0/s1. The van der Waals surface area contributed by atoms with Crippen molar-refractivity contribution in [2.75, 3.05) is 61.0 Å². The van der Waals surface area contributed by atoms with Crippen molar-refractivity contribution in [1.29, 1.82) is 0 Å². The van der Waals surface area contributed by atoms with Gasteiger partial charge in [-0.1, -0.05) is 51.8 Å². The third kappa shape index (κ3) is 11.6. The second kappa shape index (κ2) is 23.0. The highest BCUT2D eigenvalue weighted by Gasteiger charge is 2.54. The van der Waals surface area contributed by atoms with Gasteiger partial charge in [0.1, 0.15) is 24.8 Å². The van der Waals surface area contributed by atoms with E-state index in [0.29, 0.717) is 61.9 Å². The number of hydrogen-bond donors (Lipinski definition) is 2. The second-order valence-electron chi connectivity index (χ2n) is 23.6. The molecule has 2 aromatic carbocycles. The van der Waals surface area contributed by atoms with Gasteiger partial charge >= 0.3 is 12.0 Å². The summed E-state index contributed by atoms with van der Waals surface area (Å²) in [7, 11) is 6.89. The Morgan fingerprint density at radius 1 is 1.01 bits per heavy atom. The lowest BCUT2D eigenvalue weighted by molar-refractivity contribution is -0.155. The van der Waals surface area contributed by atoms with E-state index < -0.39 is 76.8 Å². The van der Waals surface area contributed by atoms with Crippen LogP contribution in [0.15, 0.2) is 54.7 Å². The van der Waals surface area contributed by atoms with Crippen molar-refractivity contribution in [3.8, 4) is 34.2 Å². The van der Waals surface area contributed by atoms with E-state index in [0.717, 1.165) is 43.9 Å². The molecule has 0 unspecified atom stereocenters. The fourth-order valence-corrected chi connectivity index (χ4v) is 11.5. The van der Waals surface area contributed by atoms with Crippen molar-refractivity contribution in [3.63, 3.8) is 0 Å². The summed E-state index contributed by atoms with van der Waals surface area (Å²) >= 11 is 0. The molecule has 17 nitrogen and oxygen atoms in total. The zero-order valence-corrected chi connectivity index (χ0v) is 47.5. The number of halogens is 1. The number of carbonyl (C=O) groups excluding carboxylic acids is 6. The number of hydrogen-bond acceptors (Lipinski definition) is 11. The average Bonchev–Trinajstić information content (AvgIpc) is 4.11. The molecule has 2 N–H and O–H groups in total. The Bertz CT molecular complexity index is 3050. The van der Waals surface area contributed by atoms with E-state index in [-0.39, 0.29) is 44.7 Å². The number of nitrogens with zero attached hydrogens (tertiary/aromatic N) is 7. The zero-order chi connectivity index (χ0) is 56.6. The number of fused-ring (bicyclic) bond motifs is 6. The summed E-state index contributed by atoms with van der Waals surface area (Å²) in [6.45, 7) is 16.3. The van der Waals surface area contributed by atoms with E-state index in [1.807, 2.05) is 58.0 Å². The van der Waals surface area contributed by atoms with E-state index in [4.69, 9.17) is 14.5 Å². The number of cyclic esters (lactones) is 1. The van der Waals surface area contributed by atoms with Crippen molar-refractivity contribution in [1.82, 2.24) is 44.9 Å². The Morgan fingerprint density at radius 3 is 2.45 bits per heavy atom. The van der Waals surface area contributed by atoms with Gasteiger partial charge < -0.3 is 29.2 Å². The fraction of sp³-hybridized carbons (Fsp3) is 0.550. The largest absolute Gasteiger partial charge is 0.464 e. The summed E-state index contributed by atoms with van der Waals surface area (Å²) in [5, 5.41) is 5.31. The Kier molecular flexibility index (Phi) is 16.9. The van der Waals surface area contributed by atoms with E-state index in [9.17, 15) is 28.8 Å². The topological polar surface area (TPSA) is 179 Å². The van der Waals surface area contributed by atoms with E-state index in [1.54, 1.807) is 44.2 Å². The molecular weight excluding hydrogens is 994 g/mol. The van der Waals surface area contributed by atoms with E-state index in [2.05, 4.69) is 66.1 Å². The van der Waals surface area contributed by atoms with Gasteiger partial charge in [0.05, 0.1) is 35.1 Å². The quantitative estimate of drug-likeness (QED) is 0.122. The summed E-state index contributed by atoms with van der Waals surface area (Å²) in [6, 6.07) is 11.6. The summed E-state index contributed by atoms with van der Waals surface area (Å²) in [6.07, 6.45) is 3.48. The number of nitrogens with one attached hydrogen (secondary N) is 2. The van der Waals surface area contributed by atoms with Crippen LogP contribution in [0, 0.1) is 28.6 Å². The predicted molar refractivity (Wildman–Crippen MR) is 296 cm³/mol.